The lowest BCUT2D eigenvalue weighted by Crippen LogP contribution is -2.18. The molecule has 0 aliphatic carbocycles. The molecule has 206 valence electrons. The van der Waals surface area contributed by atoms with Gasteiger partial charge in [-0.05, 0) is 68.4 Å². The number of carbonyl (C=O) groups excluding carboxylic acids is 3. The maximum atomic E-state index is 14.3. The number of carbonyl (C=O) groups is 3. The summed E-state index contributed by atoms with van der Waals surface area (Å²) in [5.74, 6) is -2.69. The fourth-order valence-corrected chi connectivity index (χ4v) is 4.91. The zero-order valence-electron chi connectivity index (χ0n) is 22.1. The molecule has 1 heterocycles. The van der Waals surface area contributed by atoms with E-state index in [0.717, 1.165) is 17.3 Å². The number of nitrogens with zero attached hydrogens (tertiary/aromatic N) is 1. The second-order valence-electron chi connectivity index (χ2n) is 9.02. The average Bonchev–Trinajstić information content (AvgIpc) is 3.24. The van der Waals surface area contributed by atoms with Crippen LogP contribution in [0.25, 0.3) is 16.6 Å². The maximum Gasteiger partial charge on any atom is 0.345 e. The van der Waals surface area contributed by atoms with Gasteiger partial charge in [-0.1, -0.05) is 48.0 Å². The minimum absolute atomic E-state index is 0.0389. The second kappa shape index (κ2) is 11.7. The lowest BCUT2D eigenvalue weighted by atomic mass is 10.1. The Hall–Kier alpha value is -4.95. The molecule has 0 unspecified atom stereocenters. The van der Waals surface area contributed by atoms with E-state index in [-0.39, 0.29) is 34.2 Å². The molecule has 0 spiro atoms. The number of benzene rings is 4. The number of fused-ring (bicyclic) bond motifs is 1. The van der Waals surface area contributed by atoms with E-state index < -0.39 is 23.7 Å². The van der Waals surface area contributed by atoms with E-state index in [1.807, 2.05) is 41.8 Å². The van der Waals surface area contributed by atoms with Crippen LogP contribution in [0.4, 0.5) is 10.1 Å². The standard InChI is InChI=1S/C32H24ClFN2O5/c1-3-40-32(39)28-19(2)36(20-10-5-4-6-11-20)27-17-16-21(18-23(27)28)41-31(38)22-12-7-8-15-26(22)35-30(37)29-24(33)13-9-14-25(29)34/h4-18H,3H2,1-2H3,(H,35,37). The first kappa shape index (κ1) is 27.6. The second-order valence-corrected chi connectivity index (χ2v) is 9.42. The van der Waals surface area contributed by atoms with Gasteiger partial charge in [-0.25, -0.2) is 14.0 Å². The number of para-hydroxylation sites is 2. The van der Waals surface area contributed by atoms with Gasteiger partial charge < -0.3 is 19.4 Å². The highest BCUT2D eigenvalue weighted by molar-refractivity contribution is 6.34. The van der Waals surface area contributed by atoms with Gasteiger partial charge in [0, 0.05) is 16.8 Å². The summed E-state index contributed by atoms with van der Waals surface area (Å²) in [7, 11) is 0. The van der Waals surface area contributed by atoms with Crippen molar-refractivity contribution in [2.24, 2.45) is 0 Å². The van der Waals surface area contributed by atoms with Crippen molar-refractivity contribution in [1.29, 1.82) is 0 Å². The summed E-state index contributed by atoms with van der Waals surface area (Å²) >= 11 is 6.03. The predicted octanol–water partition coefficient (Wildman–Crippen LogP) is 7.38. The first-order valence-electron chi connectivity index (χ1n) is 12.7. The van der Waals surface area contributed by atoms with Crippen molar-refractivity contribution in [1.82, 2.24) is 4.57 Å². The number of esters is 2. The van der Waals surface area contributed by atoms with Crippen molar-refractivity contribution in [3.63, 3.8) is 0 Å². The Balaban J connectivity index is 1.49. The minimum atomic E-state index is -0.813. The van der Waals surface area contributed by atoms with Crippen molar-refractivity contribution in [2.75, 3.05) is 11.9 Å². The lowest BCUT2D eigenvalue weighted by molar-refractivity contribution is 0.0527. The highest BCUT2D eigenvalue weighted by Crippen LogP contribution is 2.33. The largest absolute Gasteiger partial charge is 0.462 e. The highest BCUT2D eigenvalue weighted by atomic mass is 35.5. The van der Waals surface area contributed by atoms with Crippen molar-refractivity contribution in [2.45, 2.75) is 13.8 Å². The summed E-state index contributed by atoms with van der Waals surface area (Å²) in [6.45, 7) is 3.75. The van der Waals surface area contributed by atoms with Crippen LogP contribution in [0.3, 0.4) is 0 Å². The third kappa shape index (κ3) is 5.42. The van der Waals surface area contributed by atoms with E-state index in [1.54, 1.807) is 37.3 Å². The van der Waals surface area contributed by atoms with Crippen LogP contribution in [0, 0.1) is 12.7 Å². The Morgan fingerprint density at radius 3 is 2.34 bits per heavy atom. The fraction of sp³-hybridized carbons (Fsp3) is 0.0938. The SMILES string of the molecule is CCOC(=O)c1c(C)n(-c2ccccc2)c2ccc(OC(=O)c3ccccc3NC(=O)c3c(F)cccc3Cl)cc12. The molecule has 0 bridgehead atoms. The van der Waals surface area contributed by atoms with Gasteiger partial charge in [0.1, 0.15) is 11.6 Å². The van der Waals surface area contributed by atoms with Crippen LogP contribution in [-0.2, 0) is 4.74 Å². The molecule has 1 aromatic heterocycles. The lowest BCUT2D eigenvalue weighted by Gasteiger charge is -2.12. The number of halogens is 2. The van der Waals surface area contributed by atoms with E-state index in [2.05, 4.69) is 5.32 Å². The van der Waals surface area contributed by atoms with Crippen LogP contribution in [0.15, 0.2) is 91.0 Å². The van der Waals surface area contributed by atoms with Crippen molar-refractivity contribution < 1.29 is 28.2 Å². The predicted molar refractivity (Wildman–Crippen MR) is 155 cm³/mol. The third-order valence-electron chi connectivity index (χ3n) is 6.46. The van der Waals surface area contributed by atoms with Crippen LogP contribution in [0.1, 0.15) is 43.7 Å². The topological polar surface area (TPSA) is 86.6 Å². The first-order chi connectivity index (χ1) is 19.8. The van der Waals surface area contributed by atoms with Gasteiger partial charge in [-0.3, -0.25) is 4.79 Å². The Kier molecular flexibility index (Phi) is 7.85. The summed E-state index contributed by atoms with van der Waals surface area (Å²) in [6.07, 6.45) is 0. The van der Waals surface area contributed by atoms with Gasteiger partial charge >= 0.3 is 11.9 Å². The summed E-state index contributed by atoms with van der Waals surface area (Å²) < 4.78 is 27.2. The highest BCUT2D eigenvalue weighted by Gasteiger charge is 2.24. The van der Waals surface area contributed by atoms with Crippen molar-refractivity contribution in [3.8, 4) is 11.4 Å². The Morgan fingerprint density at radius 1 is 0.878 bits per heavy atom. The molecular weight excluding hydrogens is 547 g/mol. The van der Waals surface area contributed by atoms with Gasteiger partial charge in [0.15, 0.2) is 0 Å². The van der Waals surface area contributed by atoms with Crippen LogP contribution in [0.2, 0.25) is 5.02 Å². The van der Waals surface area contributed by atoms with Crippen molar-refractivity contribution in [3.05, 3.63) is 124 Å². The molecule has 0 saturated heterocycles. The first-order valence-corrected chi connectivity index (χ1v) is 13.1. The quantitative estimate of drug-likeness (QED) is 0.163. The maximum absolute atomic E-state index is 14.3. The average molecular weight is 571 g/mol. The molecule has 9 heteroatoms. The number of hydrogen-bond donors (Lipinski definition) is 1. The number of hydrogen-bond acceptors (Lipinski definition) is 5. The zero-order valence-corrected chi connectivity index (χ0v) is 22.9. The number of nitrogens with one attached hydrogen (secondary N) is 1. The molecule has 0 aliphatic rings. The molecule has 41 heavy (non-hydrogen) atoms. The molecule has 5 rings (SSSR count). The smallest absolute Gasteiger partial charge is 0.345 e. The molecule has 0 fully saturated rings. The number of ether oxygens (including phenoxy) is 2. The summed E-state index contributed by atoms with van der Waals surface area (Å²) in [5.41, 5.74) is 2.43. The third-order valence-corrected chi connectivity index (χ3v) is 6.78. The van der Waals surface area contributed by atoms with E-state index in [4.69, 9.17) is 21.1 Å². The van der Waals surface area contributed by atoms with E-state index in [9.17, 15) is 18.8 Å². The molecule has 0 radical (unpaired) electrons. The van der Waals surface area contributed by atoms with Gasteiger partial charge in [0.25, 0.3) is 5.91 Å². The molecular formula is C32H24ClFN2O5. The number of anilines is 1. The molecule has 0 atom stereocenters. The Bertz CT molecular complexity index is 1780. The number of rotatable bonds is 7. The number of amides is 1. The van der Waals surface area contributed by atoms with Gasteiger partial charge in [0.2, 0.25) is 0 Å². The zero-order chi connectivity index (χ0) is 29.1. The normalized spacial score (nSPS) is 10.8. The Labute approximate surface area is 240 Å². The van der Waals surface area contributed by atoms with Gasteiger partial charge in [0.05, 0.1) is 39.5 Å². The Morgan fingerprint density at radius 2 is 1.61 bits per heavy atom. The number of aromatic nitrogens is 1. The molecule has 0 saturated carbocycles. The van der Waals surface area contributed by atoms with Crippen molar-refractivity contribution >= 4 is 46.0 Å². The summed E-state index contributed by atoms with van der Waals surface area (Å²) in [5, 5.41) is 3.03. The monoisotopic (exact) mass is 570 g/mol. The molecule has 7 nitrogen and oxygen atoms in total. The fourth-order valence-electron chi connectivity index (χ4n) is 4.66. The van der Waals surface area contributed by atoms with Crippen LogP contribution in [-0.4, -0.2) is 29.0 Å². The summed E-state index contributed by atoms with van der Waals surface area (Å²) in [4.78, 5) is 39.0. The molecule has 0 aliphatic heterocycles. The molecule has 4 aromatic carbocycles. The van der Waals surface area contributed by atoms with E-state index in [1.165, 1.54) is 24.3 Å². The van der Waals surface area contributed by atoms with Crippen LogP contribution >= 0.6 is 11.6 Å². The van der Waals surface area contributed by atoms with Gasteiger partial charge in [-0.2, -0.15) is 0 Å². The van der Waals surface area contributed by atoms with Crippen LogP contribution in [0.5, 0.6) is 5.75 Å². The minimum Gasteiger partial charge on any atom is -0.462 e. The van der Waals surface area contributed by atoms with E-state index >= 15 is 0 Å². The molecule has 1 amide bonds. The van der Waals surface area contributed by atoms with Gasteiger partial charge in [-0.15, -0.1) is 0 Å². The summed E-state index contributed by atoms with van der Waals surface area (Å²) in [6, 6.07) is 24.6. The van der Waals surface area contributed by atoms with Crippen LogP contribution < -0.4 is 10.1 Å². The molecule has 1 N–H and O–H groups in total. The molecule has 5 aromatic rings. The van der Waals surface area contributed by atoms with E-state index in [0.29, 0.717) is 16.6 Å².